The van der Waals surface area contributed by atoms with E-state index in [4.69, 9.17) is 5.11 Å². The zero-order valence-corrected chi connectivity index (χ0v) is 11.7. The fourth-order valence-corrected chi connectivity index (χ4v) is 3.31. The third-order valence-electron chi connectivity index (χ3n) is 3.11. The highest BCUT2D eigenvalue weighted by atomic mass is 32.2. The van der Waals surface area contributed by atoms with E-state index in [1.807, 2.05) is 0 Å². The number of carbonyl (C=O) groups excluding carboxylic acids is 1. The first kappa shape index (κ1) is 14.3. The Kier molecular flexibility index (Phi) is 3.17. The Morgan fingerprint density at radius 3 is 2.55 bits per heavy atom. The number of hydrogen-bond donors (Lipinski definition) is 1. The lowest BCUT2D eigenvalue weighted by Gasteiger charge is -2.42. The van der Waals surface area contributed by atoms with Crippen LogP contribution < -0.4 is 4.31 Å². The number of amides is 1. The lowest BCUT2D eigenvalue weighted by atomic mass is 10.1. The number of carboxylic acid groups (broad SMARTS) is 1. The van der Waals surface area contributed by atoms with Crippen LogP contribution >= 0.6 is 0 Å². The summed E-state index contributed by atoms with van der Waals surface area (Å²) >= 11 is 0. The van der Waals surface area contributed by atoms with Gasteiger partial charge >= 0.3 is 5.97 Å². The first-order valence-electron chi connectivity index (χ1n) is 5.78. The molecule has 1 fully saturated rings. The van der Waals surface area contributed by atoms with Gasteiger partial charge in [-0.1, -0.05) is 12.1 Å². The van der Waals surface area contributed by atoms with E-state index in [1.165, 1.54) is 32.1 Å². The minimum Gasteiger partial charge on any atom is -0.478 e. The highest BCUT2D eigenvalue weighted by Crippen LogP contribution is 2.39. The smallest absolute Gasteiger partial charge is 0.328 e. The van der Waals surface area contributed by atoms with E-state index in [0.717, 1.165) is 10.4 Å². The molecule has 0 aromatic heterocycles. The van der Waals surface area contributed by atoms with Crippen molar-refractivity contribution in [3.63, 3.8) is 0 Å². The molecule has 6 nitrogen and oxygen atoms in total. The van der Waals surface area contributed by atoms with Crippen LogP contribution in [-0.4, -0.2) is 30.1 Å². The zero-order valence-electron chi connectivity index (χ0n) is 10.9. The molecule has 1 amide bonds. The number of sulfonamides is 1. The van der Waals surface area contributed by atoms with Crippen molar-refractivity contribution in [2.45, 2.75) is 18.6 Å². The molecule has 1 N–H and O–H groups in total. The molecule has 1 aliphatic rings. The van der Waals surface area contributed by atoms with Crippen molar-refractivity contribution in [2.24, 2.45) is 0 Å². The van der Waals surface area contributed by atoms with Crippen LogP contribution in [0.1, 0.15) is 19.4 Å². The molecule has 1 heterocycles. The number of rotatable bonds is 3. The van der Waals surface area contributed by atoms with E-state index < -0.39 is 26.6 Å². The lowest BCUT2D eigenvalue weighted by Crippen LogP contribution is -2.67. The molecule has 0 spiro atoms. The quantitative estimate of drug-likeness (QED) is 0.847. The molecule has 1 aliphatic heterocycles. The van der Waals surface area contributed by atoms with Crippen LogP contribution in [0.3, 0.4) is 0 Å². The van der Waals surface area contributed by atoms with E-state index in [1.54, 1.807) is 12.1 Å². The molecule has 1 aromatic rings. The highest BCUT2D eigenvalue weighted by Gasteiger charge is 2.60. The molecule has 0 radical (unpaired) electrons. The van der Waals surface area contributed by atoms with E-state index in [9.17, 15) is 18.0 Å². The van der Waals surface area contributed by atoms with Gasteiger partial charge in [0.25, 0.3) is 15.9 Å². The number of aliphatic carboxylic acids is 1. The molecule has 1 saturated heterocycles. The molecular weight excluding hydrogens is 282 g/mol. The van der Waals surface area contributed by atoms with Crippen molar-refractivity contribution < 1.29 is 23.1 Å². The summed E-state index contributed by atoms with van der Waals surface area (Å²) in [4.78, 5) is 22.4. The van der Waals surface area contributed by atoms with Crippen molar-refractivity contribution in [3.05, 3.63) is 35.9 Å². The Morgan fingerprint density at radius 1 is 1.35 bits per heavy atom. The maximum absolute atomic E-state index is 12.1. The normalized spacial score (nSPS) is 19.9. The molecule has 0 saturated carbocycles. The van der Waals surface area contributed by atoms with E-state index in [0.29, 0.717) is 5.56 Å². The van der Waals surface area contributed by atoms with Crippen molar-refractivity contribution in [2.75, 3.05) is 4.31 Å². The minimum absolute atomic E-state index is 0.210. The van der Waals surface area contributed by atoms with Crippen molar-refractivity contribution in [1.82, 2.24) is 0 Å². The van der Waals surface area contributed by atoms with Crippen LogP contribution in [-0.2, 0) is 19.6 Å². The number of carbonyl (C=O) groups is 2. The summed E-state index contributed by atoms with van der Waals surface area (Å²) in [5.74, 6) is -1.61. The summed E-state index contributed by atoms with van der Waals surface area (Å²) in [6.07, 6.45) is 2.27. The van der Waals surface area contributed by atoms with Gasteiger partial charge in [-0.15, -0.1) is 0 Å². The van der Waals surface area contributed by atoms with E-state index in [-0.39, 0.29) is 5.69 Å². The van der Waals surface area contributed by atoms with Crippen molar-refractivity contribution in [3.8, 4) is 0 Å². The van der Waals surface area contributed by atoms with Gasteiger partial charge in [0.1, 0.15) is 0 Å². The Balaban J connectivity index is 2.39. The second-order valence-corrected chi connectivity index (χ2v) is 7.19. The molecule has 0 aliphatic carbocycles. The van der Waals surface area contributed by atoms with Crippen LogP contribution in [0.4, 0.5) is 5.69 Å². The molecular formula is C13H13NO5S. The fourth-order valence-electron chi connectivity index (χ4n) is 1.83. The van der Waals surface area contributed by atoms with Crippen LogP contribution in [0.25, 0.3) is 6.08 Å². The number of benzene rings is 1. The second-order valence-electron chi connectivity index (χ2n) is 4.85. The molecule has 2 rings (SSSR count). The average Bonchev–Trinajstić information content (AvgIpc) is 2.36. The molecule has 0 unspecified atom stereocenters. The molecule has 0 atom stereocenters. The van der Waals surface area contributed by atoms with Gasteiger partial charge in [0.2, 0.25) is 0 Å². The Morgan fingerprint density at radius 2 is 2.00 bits per heavy atom. The summed E-state index contributed by atoms with van der Waals surface area (Å²) in [7, 11) is -3.71. The van der Waals surface area contributed by atoms with E-state index in [2.05, 4.69) is 0 Å². The van der Waals surface area contributed by atoms with Gasteiger partial charge in [0, 0.05) is 6.08 Å². The Hall–Kier alpha value is -2.15. The first-order valence-corrected chi connectivity index (χ1v) is 7.22. The summed E-state index contributed by atoms with van der Waals surface area (Å²) < 4.78 is 23.4. The minimum atomic E-state index is -3.71. The van der Waals surface area contributed by atoms with Gasteiger partial charge in [-0.3, -0.25) is 4.79 Å². The fraction of sp³-hybridized carbons (Fsp3) is 0.231. The number of carboxylic acids is 1. The average molecular weight is 295 g/mol. The van der Waals surface area contributed by atoms with Crippen molar-refractivity contribution >= 4 is 33.7 Å². The molecule has 0 bridgehead atoms. The second kappa shape index (κ2) is 4.45. The Bertz CT molecular complexity index is 718. The maximum atomic E-state index is 12.1. The standard InChI is InChI=1S/C13H13NO5S/c1-13(2)12(17)14(20(13,18)19)10-5-3-4-9(8-10)6-7-11(15)16/h3-8H,1-2H3,(H,15,16). The van der Waals surface area contributed by atoms with Gasteiger partial charge < -0.3 is 5.11 Å². The van der Waals surface area contributed by atoms with Gasteiger partial charge in [0.05, 0.1) is 5.69 Å². The monoisotopic (exact) mass is 295 g/mol. The van der Waals surface area contributed by atoms with Crippen LogP contribution in [0, 0.1) is 0 Å². The predicted octanol–water partition coefficient (Wildman–Crippen LogP) is 1.24. The largest absolute Gasteiger partial charge is 0.478 e. The molecule has 7 heteroatoms. The maximum Gasteiger partial charge on any atom is 0.328 e. The van der Waals surface area contributed by atoms with Gasteiger partial charge in [-0.25, -0.2) is 17.5 Å². The van der Waals surface area contributed by atoms with Gasteiger partial charge in [0.15, 0.2) is 4.75 Å². The van der Waals surface area contributed by atoms with Crippen molar-refractivity contribution in [1.29, 1.82) is 0 Å². The van der Waals surface area contributed by atoms with Gasteiger partial charge in [-0.2, -0.15) is 0 Å². The van der Waals surface area contributed by atoms with Gasteiger partial charge in [-0.05, 0) is 37.6 Å². The summed E-state index contributed by atoms with van der Waals surface area (Å²) in [6.45, 7) is 2.71. The van der Waals surface area contributed by atoms with Crippen LogP contribution in [0.2, 0.25) is 0 Å². The summed E-state index contributed by atoms with van der Waals surface area (Å²) in [6, 6.07) is 6.11. The third-order valence-corrected chi connectivity index (χ3v) is 5.43. The number of anilines is 1. The van der Waals surface area contributed by atoms with Crippen LogP contribution in [0.5, 0.6) is 0 Å². The zero-order chi connectivity index (χ0) is 15.1. The number of nitrogens with zero attached hydrogens (tertiary/aromatic N) is 1. The molecule has 20 heavy (non-hydrogen) atoms. The lowest BCUT2D eigenvalue weighted by molar-refractivity contribution is -0.131. The summed E-state index contributed by atoms with van der Waals surface area (Å²) in [5.41, 5.74) is 0.708. The van der Waals surface area contributed by atoms with E-state index >= 15 is 0 Å². The molecule has 106 valence electrons. The third kappa shape index (κ3) is 2.00. The Labute approximate surface area is 116 Å². The predicted molar refractivity (Wildman–Crippen MR) is 73.6 cm³/mol. The topological polar surface area (TPSA) is 91.8 Å². The SMILES string of the molecule is CC1(C)C(=O)N(c2cccc(C=CC(=O)O)c2)S1(=O)=O. The number of hydrogen-bond acceptors (Lipinski definition) is 4. The first-order chi connectivity index (χ1) is 9.18. The van der Waals surface area contributed by atoms with Crippen LogP contribution in [0.15, 0.2) is 30.3 Å². The molecule has 1 aromatic carbocycles. The summed E-state index contributed by atoms with van der Waals surface area (Å²) in [5, 5.41) is 8.56. The highest BCUT2D eigenvalue weighted by molar-refractivity contribution is 7.98.